The first-order valence-electron chi connectivity index (χ1n) is 4.18. The molecule has 0 fully saturated rings. The van der Waals surface area contributed by atoms with Gasteiger partial charge in [0, 0.05) is 17.8 Å². The van der Waals surface area contributed by atoms with E-state index in [1.165, 1.54) is 0 Å². The SMILES string of the molecule is COS(=O)(=O)Cc1ncc2cc[nH]c2n1. The average Bonchev–Trinajstić information content (AvgIpc) is 2.64. The number of aromatic nitrogens is 3. The van der Waals surface area contributed by atoms with Gasteiger partial charge in [-0.2, -0.15) is 8.42 Å². The Morgan fingerprint density at radius 2 is 2.33 bits per heavy atom. The van der Waals surface area contributed by atoms with Crippen LogP contribution in [0.25, 0.3) is 11.0 Å². The predicted molar refractivity (Wildman–Crippen MR) is 53.5 cm³/mol. The van der Waals surface area contributed by atoms with Crippen LogP contribution < -0.4 is 0 Å². The van der Waals surface area contributed by atoms with E-state index in [2.05, 4.69) is 19.1 Å². The summed E-state index contributed by atoms with van der Waals surface area (Å²) in [4.78, 5) is 10.8. The van der Waals surface area contributed by atoms with Crippen molar-refractivity contribution in [1.29, 1.82) is 0 Å². The molecule has 0 saturated carbocycles. The summed E-state index contributed by atoms with van der Waals surface area (Å²) in [6.45, 7) is 0. The highest BCUT2D eigenvalue weighted by atomic mass is 32.2. The third-order valence-corrected chi connectivity index (χ3v) is 3.03. The summed E-state index contributed by atoms with van der Waals surface area (Å²) in [6.07, 6.45) is 3.29. The highest BCUT2D eigenvalue weighted by Gasteiger charge is 2.12. The molecule has 1 N–H and O–H groups in total. The monoisotopic (exact) mass is 227 g/mol. The zero-order valence-corrected chi connectivity index (χ0v) is 8.78. The minimum absolute atomic E-state index is 0.215. The lowest BCUT2D eigenvalue weighted by molar-refractivity contribution is 0.396. The fourth-order valence-electron chi connectivity index (χ4n) is 1.16. The Hall–Kier alpha value is -1.47. The van der Waals surface area contributed by atoms with Gasteiger partial charge in [-0.05, 0) is 6.07 Å². The van der Waals surface area contributed by atoms with E-state index in [1.807, 2.05) is 6.07 Å². The van der Waals surface area contributed by atoms with Crippen LogP contribution in [-0.2, 0) is 20.1 Å². The van der Waals surface area contributed by atoms with E-state index in [1.54, 1.807) is 12.4 Å². The predicted octanol–water partition coefficient (Wildman–Crippen LogP) is 0.434. The molecule has 0 aromatic carbocycles. The van der Waals surface area contributed by atoms with Crippen LogP contribution >= 0.6 is 0 Å². The van der Waals surface area contributed by atoms with Crippen molar-refractivity contribution in [2.75, 3.05) is 7.11 Å². The highest BCUT2D eigenvalue weighted by molar-refractivity contribution is 7.85. The maximum absolute atomic E-state index is 11.1. The van der Waals surface area contributed by atoms with Gasteiger partial charge in [0.05, 0.1) is 7.11 Å². The number of hydrogen-bond donors (Lipinski definition) is 1. The minimum atomic E-state index is -3.56. The zero-order valence-electron chi connectivity index (χ0n) is 7.97. The van der Waals surface area contributed by atoms with Gasteiger partial charge in [0.15, 0.2) is 0 Å². The van der Waals surface area contributed by atoms with Crippen molar-refractivity contribution in [3.8, 4) is 0 Å². The molecule has 2 rings (SSSR count). The Balaban J connectivity index is 2.37. The second kappa shape index (κ2) is 3.59. The Labute approximate surface area is 86.4 Å². The Morgan fingerprint density at radius 3 is 3.07 bits per heavy atom. The smallest absolute Gasteiger partial charge is 0.274 e. The molecule has 0 atom stereocenters. The fraction of sp³-hybridized carbons (Fsp3) is 0.250. The van der Waals surface area contributed by atoms with E-state index in [4.69, 9.17) is 0 Å². The van der Waals surface area contributed by atoms with Gasteiger partial charge in [0.1, 0.15) is 17.2 Å². The maximum Gasteiger partial charge on any atom is 0.274 e. The quantitative estimate of drug-likeness (QED) is 0.769. The molecule has 6 nitrogen and oxygen atoms in total. The van der Waals surface area contributed by atoms with Gasteiger partial charge in [-0.3, -0.25) is 4.18 Å². The zero-order chi connectivity index (χ0) is 10.9. The normalized spacial score (nSPS) is 12.1. The topological polar surface area (TPSA) is 84.9 Å². The van der Waals surface area contributed by atoms with Crippen molar-refractivity contribution in [2.45, 2.75) is 5.75 Å². The molecular weight excluding hydrogens is 218 g/mol. The third kappa shape index (κ3) is 2.13. The summed E-state index contributed by atoms with van der Waals surface area (Å²) in [5.41, 5.74) is 0.617. The second-order valence-electron chi connectivity index (χ2n) is 2.94. The molecule has 15 heavy (non-hydrogen) atoms. The van der Waals surface area contributed by atoms with E-state index in [-0.39, 0.29) is 11.6 Å². The molecule has 0 bridgehead atoms. The first-order valence-corrected chi connectivity index (χ1v) is 5.76. The standard InChI is InChI=1S/C8H9N3O3S/c1-14-15(12,13)5-7-10-4-6-2-3-9-8(6)11-7/h2-4H,5H2,1H3,(H,9,10,11). The summed E-state index contributed by atoms with van der Waals surface area (Å²) >= 11 is 0. The number of nitrogens with zero attached hydrogens (tertiary/aromatic N) is 2. The third-order valence-electron chi connectivity index (χ3n) is 1.91. The number of nitrogens with one attached hydrogen (secondary N) is 1. The molecule has 2 aromatic rings. The van der Waals surface area contributed by atoms with Crippen LogP contribution in [0.3, 0.4) is 0 Å². The lowest BCUT2D eigenvalue weighted by atomic mass is 10.4. The lowest BCUT2D eigenvalue weighted by Gasteiger charge is -1.99. The van der Waals surface area contributed by atoms with E-state index in [9.17, 15) is 8.42 Å². The lowest BCUT2D eigenvalue weighted by Crippen LogP contribution is -2.08. The van der Waals surface area contributed by atoms with E-state index in [0.29, 0.717) is 5.65 Å². The maximum atomic E-state index is 11.1. The summed E-state index contributed by atoms with van der Waals surface area (Å²) in [7, 11) is -2.45. The molecule has 0 amide bonds. The molecular formula is C8H9N3O3S. The van der Waals surface area contributed by atoms with Gasteiger partial charge in [0.25, 0.3) is 10.1 Å². The summed E-state index contributed by atoms with van der Waals surface area (Å²) < 4.78 is 26.6. The summed E-state index contributed by atoms with van der Waals surface area (Å²) in [5.74, 6) is -0.106. The summed E-state index contributed by atoms with van der Waals surface area (Å²) in [5, 5.41) is 0.841. The van der Waals surface area contributed by atoms with Gasteiger partial charge < -0.3 is 4.98 Å². The average molecular weight is 227 g/mol. The number of rotatable bonds is 3. The van der Waals surface area contributed by atoms with Crippen molar-refractivity contribution in [3.63, 3.8) is 0 Å². The molecule has 0 unspecified atom stereocenters. The molecule has 0 radical (unpaired) electrons. The van der Waals surface area contributed by atoms with E-state index >= 15 is 0 Å². The number of hydrogen-bond acceptors (Lipinski definition) is 5. The molecule has 0 saturated heterocycles. The van der Waals surface area contributed by atoms with Crippen LogP contribution in [0.4, 0.5) is 0 Å². The van der Waals surface area contributed by atoms with Crippen LogP contribution in [0.15, 0.2) is 18.5 Å². The van der Waals surface area contributed by atoms with Gasteiger partial charge in [-0.25, -0.2) is 9.97 Å². The number of H-pyrrole nitrogens is 1. The van der Waals surface area contributed by atoms with E-state index in [0.717, 1.165) is 12.5 Å². The van der Waals surface area contributed by atoms with Crippen LogP contribution in [0.1, 0.15) is 5.82 Å². The van der Waals surface area contributed by atoms with Crippen molar-refractivity contribution in [2.24, 2.45) is 0 Å². The molecule has 0 aliphatic rings. The van der Waals surface area contributed by atoms with Crippen molar-refractivity contribution >= 4 is 21.2 Å². The molecule has 0 aliphatic heterocycles. The van der Waals surface area contributed by atoms with Crippen LogP contribution in [-0.4, -0.2) is 30.5 Å². The number of fused-ring (bicyclic) bond motifs is 1. The van der Waals surface area contributed by atoms with Gasteiger partial charge >= 0.3 is 0 Å². The first-order chi connectivity index (χ1) is 7.11. The number of aromatic amines is 1. The molecule has 0 spiro atoms. The van der Waals surface area contributed by atoms with Gasteiger partial charge in [-0.1, -0.05) is 0 Å². The van der Waals surface area contributed by atoms with Crippen LogP contribution in [0, 0.1) is 0 Å². The Bertz CT molecular complexity index is 576. The molecule has 0 aliphatic carbocycles. The largest absolute Gasteiger partial charge is 0.346 e. The van der Waals surface area contributed by atoms with Crippen LogP contribution in [0.2, 0.25) is 0 Å². The minimum Gasteiger partial charge on any atom is -0.346 e. The van der Waals surface area contributed by atoms with Crippen molar-refractivity contribution < 1.29 is 12.6 Å². The van der Waals surface area contributed by atoms with Gasteiger partial charge in [0.2, 0.25) is 0 Å². The van der Waals surface area contributed by atoms with Crippen LogP contribution in [0.5, 0.6) is 0 Å². The second-order valence-corrected chi connectivity index (χ2v) is 4.67. The van der Waals surface area contributed by atoms with Gasteiger partial charge in [-0.15, -0.1) is 0 Å². The van der Waals surface area contributed by atoms with Crippen molar-refractivity contribution in [1.82, 2.24) is 15.0 Å². The first kappa shape index (κ1) is 10.1. The molecule has 7 heteroatoms. The van der Waals surface area contributed by atoms with Crippen molar-refractivity contribution in [3.05, 3.63) is 24.3 Å². The van der Waals surface area contributed by atoms with E-state index < -0.39 is 10.1 Å². The fourth-order valence-corrected chi connectivity index (χ4v) is 1.74. The molecule has 80 valence electrons. The Kier molecular flexibility index (Phi) is 2.41. The molecule has 2 aromatic heterocycles. The molecule has 2 heterocycles. The Morgan fingerprint density at radius 1 is 1.53 bits per heavy atom. The summed E-state index contributed by atoms with van der Waals surface area (Å²) in [6, 6.07) is 1.81. The highest BCUT2D eigenvalue weighted by Crippen LogP contribution is 2.09.